The number of halogens is 1. The third-order valence-electron chi connectivity index (χ3n) is 2.93. The lowest BCUT2D eigenvalue weighted by Gasteiger charge is -2.09. The molecule has 0 saturated carbocycles. The van der Waals surface area contributed by atoms with E-state index in [1.54, 1.807) is 26.0 Å². The number of aromatic carboxylic acids is 1. The minimum absolute atomic E-state index is 0.0787. The molecule has 0 aliphatic rings. The first kappa shape index (κ1) is 14.6. The fourth-order valence-electron chi connectivity index (χ4n) is 1.87. The number of carboxylic acids is 1. The third-order valence-corrected chi connectivity index (χ3v) is 2.93. The van der Waals surface area contributed by atoms with Gasteiger partial charge in [0.15, 0.2) is 0 Å². The molecule has 5 nitrogen and oxygen atoms in total. The number of amides is 1. The Balaban J connectivity index is 2.25. The number of aromatic nitrogens is 1. The molecule has 0 fully saturated rings. The zero-order chi connectivity index (χ0) is 15.6. The van der Waals surface area contributed by atoms with E-state index in [-0.39, 0.29) is 11.3 Å². The maximum absolute atomic E-state index is 13.8. The Labute approximate surface area is 120 Å². The van der Waals surface area contributed by atoms with Gasteiger partial charge in [0.1, 0.15) is 5.82 Å². The minimum atomic E-state index is -1.23. The molecule has 0 aliphatic heterocycles. The molecular formula is C15H13FN2O3. The lowest BCUT2D eigenvalue weighted by molar-refractivity contribution is 0.0696. The van der Waals surface area contributed by atoms with Gasteiger partial charge in [-0.25, -0.2) is 9.18 Å². The van der Waals surface area contributed by atoms with E-state index in [1.165, 1.54) is 12.1 Å². The van der Waals surface area contributed by atoms with Crippen molar-refractivity contribution in [1.29, 1.82) is 0 Å². The van der Waals surface area contributed by atoms with E-state index in [0.29, 0.717) is 11.3 Å². The number of nitrogens with zero attached hydrogens (tertiary/aromatic N) is 1. The highest BCUT2D eigenvalue weighted by atomic mass is 19.1. The van der Waals surface area contributed by atoms with Crippen molar-refractivity contribution in [2.24, 2.45) is 0 Å². The van der Waals surface area contributed by atoms with E-state index >= 15 is 0 Å². The van der Waals surface area contributed by atoms with Crippen molar-refractivity contribution in [3.8, 4) is 0 Å². The number of pyridine rings is 1. The number of hydrogen-bond donors (Lipinski definition) is 2. The summed E-state index contributed by atoms with van der Waals surface area (Å²) in [7, 11) is 0. The number of rotatable bonds is 3. The van der Waals surface area contributed by atoms with Gasteiger partial charge in [-0.15, -0.1) is 0 Å². The summed E-state index contributed by atoms with van der Waals surface area (Å²) in [4.78, 5) is 27.0. The zero-order valence-electron chi connectivity index (χ0n) is 11.5. The van der Waals surface area contributed by atoms with Gasteiger partial charge < -0.3 is 10.4 Å². The highest BCUT2D eigenvalue weighted by Gasteiger charge is 2.14. The maximum atomic E-state index is 13.8. The second-order valence-corrected chi connectivity index (χ2v) is 4.54. The average molecular weight is 288 g/mol. The predicted octanol–water partition coefficient (Wildman–Crippen LogP) is 2.79. The lowest BCUT2D eigenvalue weighted by Crippen LogP contribution is -2.15. The largest absolute Gasteiger partial charge is 0.478 e. The van der Waals surface area contributed by atoms with Crippen molar-refractivity contribution in [3.05, 3.63) is 58.7 Å². The van der Waals surface area contributed by atoms with Crippen LogP contribution in [0.5, 0.6) is 0 Å². The Kier molecular flexibility index (Phi) is 3.98. The summed E-state index contributed by atoms with van der Waals surface area (Å²) in [6.07, 6.45) is 0. The molecule has 1 amide bonds. The van der Waals surface area contributed by atoms with Crippen molar-refractivity contribution < 1.29 is 19.1 Å². The molecule has 0 spiro atoms. The van der Waals surface area contributed by atoms with Crippen molar-refractivity contribution in [2.75, 3.05) is 5.32 Å². The Bertz CT molecular complexity index is 729. The van der Waals surface area contributed by atoms with E-state index in [4.69, 9.17) is 5.11 Å². The van der Waals surface area contributed by atoms with Crippen molar-refractivity contribution in [1.82, 2.24) is 4.98 Å². The molecule has 1 heterocycles. The molecule has 1 aromatic carbocycles. The molecule has 0 saturated heterocycles. The van der Waals surface area contributed by atoms with Gasteiger partial charge in [0.05, 0.1) is 22.5 Å². The highest BCUT2D eigenvalue weighted by Crippen LogP contribution is 2.17. The molecule has 0 atom stereocenters. The molecule has 0 unspecified atom stereocenters. The SMILES string of the molecule is Cc1ccc(C(=O)Nc2ccc(C(=O)O)cc2F)c(C)n1. The summed E-state index contributed by atoms with van der Waals surface area (Å²) in [6.45, 7) is 3.49. The molecule has 2 aromatic rings. The number of benzene rings is 1. The van der Waals surface area contributed by atoms with E-state index in [9.17, 15) is 14.0 Å². The number of carboxylic acid groups (broad SMARTS) is 1. The Morgan fingerprint density at radius 1 is 1.19 bits per heavy atom. The van der Waals surface area contributed by atoms with Crippen LogP contribution in [0, 0.1) is 19.7 Å². The third kappa shape index (κ3) is 3.22. The second kappa shape index (κ2) is 5.70. The normalized spacial score (nSPS) is 10.2. The first-order valence-electron chi connectivity index (χ1n) is 6.17. The number of carbonyl (C=O) groups is 2. The molecule has 6 heteroatoms. The zero-order valence-corrected chi connectivity index (χ0v) is 11.5. The minimum Gasteiger partial charge on any atom is -0.478 e. The molecular weight excluding hydrogens is 275 g/mol. The molecule has 2 N–H and O–H groups in total. The van der Waals surface area contributed by atoms with Gasteiger partial charge >= 0.3 is 5.97 Å². The number of nitrogens with one attached hydrogen (secondary N) is 1. The number of aryl methyl sites for hydroxylation is 2. The van der Waals surface area contributed by atoms with Crippen LogP contribution in [0.1, 0.15) is 32.1 Å². The predicted molar refractivity (Wildman–Crippen MR) is 75.0 cm³/mol. The maximum Gasteiger partial charge on any atom is 0.335 e. The summed E-state index contributed by atoms with van der Waals surface area (Å²) < 4.78 is 13.8. The summed E-state index contributed by atoms with van der Waals surface area (Å²) in [5.74, 6) is -2.53. The topological polar surface area (TPSA) is 79.3 Å². The van der Waals surface area contributed by atoms with E-state index in [0.717, 1.165) is 11.8 Å². The van der Waals surface area contributed by atoms with E-state index in [2.05, 4.69) is 10.3 Å². The van der Waals surface area contributed by atoms with Gasteiger partial charge in [-0.05, 0) is 44.2 Å². The van der Waals surface area contributed by atoms with Gasteiger partial charge in [0.25, 0.3) is 5.91 Å². The van der Waals surface area contributed by atoms with Crippen LogP contribution in [0.4, 0.5) is 10.1 Å². The number of anilines is 1. The van der Waals surface area contributed by atoms with Crippen LogP contribution >= 0.6 is 0 Å². The lowest BCUT2D eigenvalue weighted by atomic mass is 10.1. The summed E-state index contributed by atoms with van der Waals surface area (Å²) in [5.41, 5.74) is 1.39. The molecule has 0 radical (unpaired) electrons. The van der Waals surface area contributed by atoms with Crippen LogP contribution in [0.3, 0.4) is 0 Å². The van der Waals surface area contributed by atoms with Crippen LogP contribution in [-0.2, 0) is 0 Å². The van der Waals surface area contributed by atoms with Gasteiger partial charge in [-0.1, -0.05) is 0 Å². The van der Waals surface area contributed by atoms with Crippen molar-refractivity contribution >= 4 is 17.6 Å². The smallest absolute Gasteiger partial charge is 0.335 e. The van der Waals surface area contributed by atoms with Gasteiger partial charge in [0, 0.05) is 5.69 Å². The molecule has 21 heavy (non-hydrogen) atoms. The van der Waals surface area contributed by atoms with Gasteiger partial charge in [0.2, 0.25) is 0 Å². The fourth-order valence-corrected chi connectivity index (χ4v) is 1.87. The van der Waals surface area contributed by atoms with Gasteiger partial charge in [-0.2, -0.15) is 0 Å². The molecule has 2 rings (SSSR count). The van der Waals surface area contributed by atoms with Crippen LogP contribution in [0.2, 0.25) is 0 Å². The molecule has 0 bridgehead atoms. The van der Waals surface area contributed by atoms with E-state index < -0.39 is 17.7 Å². The van der Waals surface area contributed by atoms with Crippen molar-refractivity contribution in [3.63, 3.8) is 0 Å². The average Bonchev–Trinajstić information content (AvgIpc) is 2.40. The molecule has 108 valence electrons. The van der Waals surface area contributed by atoms with Crippen molar-refractivity contribution in [2.45, 2.75) is 13.8 Å². The Morgan fingerprint density at radius 3 is 2.48 bits per heavy atom. The Morgan fingerprint density at radius 2 is 1.90 bits per heavy atom. The first-order valence-corrected chi connectivity index (χ1v) is 6.17. The van der Waals surface area contributed by atoms with E-state index in [1.807, 2.05) is 0 Å². The number of hydrogen-bond acceptors (Lipinski definition) is 3. The Hall–Kier alpha value is -2.76. The summed E-state index contributed by atoms with van der Waals surface area (Å²) >= 11 is 0. The quantitative estimate of drug-likeness (QED) is 0.910. The van der Waals surface area contributed by atoms with Crippen LogP contribution in [0.25, 0.3) is 0 Å². The van der Waals surface area contributed by atoms with Crippen LogP contribution in [0.15, 0.2) is 30.3 Å². The second-order valence-electron chi connectivity index (χ2n) is 4.54. The molecule has 0 aliphatic carbocycles. The fraction of sp³-hybridized carbons (Fsp3) is 0.133. The highest BCUT2D eigenvalue weighted by molar-refractivity contribution is 6.05. The van der Waals surface area contributed by atoms with Crippen LogP contribution < -0.4 is 5.32 Å². The van der Waals surface area contributed by atoms with Gasteiger partial charge in [-0.3, -0.25) is 9.78 Å². The summed E-state index contributed by atoms with van der Waals surface area (Å²) in [6, 6.07) is 6.59. The van der Waals surface area contributed by atoms with Crippen LogP contribution in [-0.4, -0.2) is 22.0 Å². The standard InChI is InChI=1S/C15H13FN2O3/c1-8-3-5-11(9(2)17-8)14(19)18-13-6-4-10(15(20)21)7-12(13)16/h3-7H,1-2H3,(H,18,19)(H,20,21). The molecule has 1 aromatic heterocycles. The number of carbonyl (C=O) groups excluding carboxylic acids is 1. The first-order chi connectivity index (χ1) is 9.88. The summed E-state index contributed by atoms with van der Waals surface area (Å²) in [5, 5.41) is 11.2. The monoisotopic (exact) mass is 288 g/mol.